The van der Waals surface area contributed by atoms with Gasteiger partial charge in [-0.2, -0.15) is 0 Å². The van der Waals surface area contributed by atoms with Gasteiger partial charge in [-0.25, -0.2) is 4.79 Å². The second kappa shape index (κ2) is 9.88. The van der Waals surface area contributed by atoms with Crippen molar-refractivity contribution in [1.82, 2.24) is 5.32 Å². The SMILES string of the molecule is C[C@H]1CC[C@@]2(OC1)OC1CC3[C@@H]4CC[C@@H]5C[C@H](NC(=O)Nc6ccc(Cl)cc6)CC[C@]5(C)C4CC[C@]3(C)C1[C@@H]2C. The quantitative estimate of drug-likeness (QED) is 0.377. The fraction of sp³-hybridized carbons (Fsp3) is 0.794. The highest BCUT2D eigenvalue weighted by molar-refractivity contribution is 6.30. The number of carbonyl (C=O) groups excluding carboxylic acids is 1. The number of anilines is 1. The lowest BCUT2D eigenvalue weighted by atomic mass is 9.44. The van der Waals surface area contributed by atoms with Crippen LogP contribution in [0.4, 0.5) is 10.5 Å². The van der Waals surface area contributed by atoms with Gasteiger partial charge in [0.05, 0.1) is 12.7 Å². The van der Waals surface area contributed by atoms with Crippen LogP contribution < -0.4 is 10.6 Å². The minimum Gasteiger partial charge on any atom is -0.349 e. The Hall–Kier alpha value is -1.30. The Balaban J connectivity index is 1.01. The van der Waals surface area contributed by atoms with Crippen LogP contribution in [0.15, 0.2) is 24.3 Å². The third-order valence-electron chi connectivity index (χ3n) is 13.4. The van der Waals surface area contributed by atoms with E-state index in [1.54, 1.807) is 0 Å². The molecule has 1 aromatic rings. The van der Waals surface area contributed by atoms with Gasteiger partial charge in [0, 0.05) is 29.1 Å². The average Bonchev–Trinajstić information content (AvgIpc) is 3.37. The number of carbonyl (C=O) groups is 1. The first kappa shape index (κ1) is 27.5. The summed E-state index contributed by atoms with van der Waals surface area (Å²) in [6, 6.07) is 7.48. The van der Waals surface area contributed by atoms with Crippen LogP contribution in [0.25, 0.3) is 0 Å². The van der Waals surface area contributed by atoms with Crippen molar-refractivity contribution in [2.75, 3.05) is 11.9 Å². The minimum absolute atomic E-state index is 0.0983. The molecule has 2 amide bonds. The van der Waals surface area contributed by atoms with Crippen molar-refractivity contribution >= 4 is 23.3 Å². The molecule has 2 heterocycles. The summed E-state index contributed by atoms with van der Waals surface area (Å²) < 4.78 is 13.5. The standard InChI is InChI=1S/C34H49ClN2O3/c1-20-11-16-34(39-19-20)21(2)30-29(40-34)18-28-26-10-5-22-17-25(37-31(38)36-24-8-6-23(35)7-9-24)12-14-32(22,3)27(26)13-15-33(28,30)4/h6-9,20-22,25-30H,5,10-19H2,1-4H3,(H2,36,37,38)/t20-,21-,22+,25+,26+,27?,28?,29?,30?,32-,33-,34+/m0/s1. The monoisotopic (exact) mass is 568 g/mol. The van der Waals surface area contributed by atoms with Gasteiger partial charge in [0.25, 0.3) is 0 Å². The summed E-state index contributed by atoms with van der Waals surface area (Å²) in [5.41, 5.74) is 1.55. The predicted octanol–water partition coefficient (Wildman–Crippen LogP) is 8.28. The van der Waals surface area contributed by atoms with Crippen LogP contribution in [-0.4, -0.2) is 30.6 Å². The topological polar surface area (TPSA) is 59.6 Å². The number of fused-ring (bicyclic) bond motifs is 7. The highest BCUT2D eigenvalue weighted by Gasteiger charge is 2.69. The smallest absolute Gasteiger partial charge is 0.319 e. The lowest BCUT2D eigenvalue weighted by Gasteiger charge is -2.61. The summed E-state index contributed by atoms with van der Waals surface area (Å²) in [6.07, 6.45) is 12.7. The Morgan fingerprint density at radius 1 is 0.925 bits per heavy atom. The van der Waals surface area contributed by atoms with Crippen molar-refractivity contribution in [1.29, 1.82) is 0 Å². The second-order valence-corrected chi connectivity index (χ2v) is 15.7. The number of benzene rings is 1. The molecule has 5 nitrogen and oxygen atoms in total. The van der Waals surface area contributed by atoms with Gasteiger partial charge in [-0.05, 0) is 128 Å². The molecule has 6 fully saturated rings. The molecular weight excluding hydrogens is 520 g/mol. The van der Waals surface area contributed by atoms with Crippen molar-refractivity contribution in [2.45, 2.75) is 110 Å². The maximum Gasteiger partial charge on any atom is 0.319 e. The molecule has 12 atom stereocenters. The van der Waals surface area contributed by atoms with Gasteiger partial charge in [0.15, 0.2) is 5.79 Å². The molecule has 0 radical (unpaired) electrons. The molecule has 1 aromatic carbocycles. The predicted molar refractivity (Wildman–Crippen MR) is 159 cm³/mol. The lowest BCUT2D eigenvalue weighted by molar-refractivity contribution is -0.273. The third-order valence-corrected chi connectivity index (χ3v) is 13.6. The number of hydrogen-bond donors (Lipinski definition) is 2. The lowest BCUT2D eigenvalue weighted by Crippen LogP contribution is -2.56. The van der Waals surface area contributed by atoms with E-state index in [1.807, 2.05) is 24.3 Å². The maximum absolute atomic E-state index is 12.8. The Bertz CT molecular complexity index is 1120. The molecule has 4 aliphatic carbocycles. The number of amides is 2. The largest absolute Gasteiger partial charge is 0.349 e. The van der Waals surface area contributed by atoms with Gasteiger partial charge in [-0.15, -0.1) is 0 Å². The highest BCUT2D eigenvalue weighted by Crippen LogP contribution is 2.71. The molecule has 2 aliphatic heterocycles. The van der Waals surface area contributed by atoms with Gasteiger partial charge >= 0.3 is 6.03 Å². The van der Waals surface area contributed by atoms with E-state index in [2.05, 4.69) is 38.3 Å². The van der Waals surface area contributed by atoms with E-state index in [1.165, 1.54) is 44.9 Å². The fourth-order valence-electron chi connectivity index (χ4n) is 11.3. The number of urea groups is 1. The molecule has 1 spiro atoms. The Kier molecular flexibility index (Phi) is 6.80. The van der Waals surface area contributed by atoms with Crippen LogP contribution in [0.2, 0.25) is 5.02 Å². The third kappa shape index (κ3) is 4.27. The first-order valence-corrected chi connectivity index (χ1v) is 16.6. The van der Waals surface area contributed by atoms with Crippen LogP contribution in [0, 0.1) is 52.3 Å². The van der Waals surface area contributed by atoms with Crippen molar-refractivity contribution in [3.8, 4) is 0 Å². The molecular formula is C34H49ClN2O3. The molecule has 220 valence electrons. The zero-order chi connectivity index (χ0) is 27.9. The number of nitrogens with one attached hydrogen (secondary N) is 2. The molecule has 4 unspecified atom stereocenters. The second-order valence-electron chi connectivity index (χ2n) is 15.3. The van der Waals surface area contributed by atoms with Gasteiger partial charge in [-0.1, -0.05) is 39.3 Å². The van der Waals surface area contributed by atoms with E-state index in [-0.39, 0.29) is 17.9 Å². The van der Waals surface area contributed by atoms with E-state index in [0.29, 0.717) is 45.6 Å². The van der Waals surface area contributed by atoms with E-state index >= 15 is 0 Å². The summed E-state index contributed by atoms with van der Waals surface area (Å²) >= 11 is 5.99. The van der Waals surface area contributed by atoms with Crippen molar-refractivity contribution in [2.24, 2.45) is 52.3 Å². The van der Waals surface area contributed by atoms with E-state index in [9.17, 15) is 4.79 Å². The van der Waals surface area contributed by atoms with Crippen molar-refractivity contribution < 1.29 is 14.3 Å². The molecule has 0 aromatic heterocycles. The summed E-state index contributed by atoms with van der Waals surface area (Å²) in [4.78, 5) is 12.8. The zero-order valence-electron chi connectivity index (χ0n) is 24.9. The van der Waals surface area contributed by atoms with Crippen LogP contribution in [0.1, 0.15) is 91.9 Å². The van der Waals surface area contributed by atoms with Crippen LogP contribution in [-0.2, 0) is 9.47 Å². The highest BCUT2D eigenvalue weighted by atomic mass is 35.5. The van der Waals surface area contributed by atoms with Crippen molar-refractivity contribution in [3.63, 3.8) is 0 Å². The molecule has 6 aliphatic rings. The van der Waals surface area contributed by atoms with E-state index < -0.39 is 0 Å². The first-order chi connectivity index (χ1) is 19.1. The Morgan fingerprint density at radius 2 is 1.70 bits per heavy atom. The van der Waals surface area contributed by atoms with Crippen LogP contribution in [0.3, 0.4) is 0 Å². The van der Waals surface area contributed by atoms with E-state index in [0.717, 1.165) is 49.3 Å². The van der Waals surface area contributed by atoms with Crippen molar-refractivity contribution in [3.05, 3.63) is 29.3 Å². The fourth-order valence-corrected chi connectivity index (χ4v) is 11.4. The normalized spacial score (nSPS) is 49.5. The summed E-state index contributed by atoms with van der Waals surface area (Å²) in [7, 11) is 0. The van der Waals surface area contributed by atoms with E-state index in [4.69, 9.17) is 21.1 Å². The van der Waals surface area contributed by atoms with Gasteiger partial charge < -0.3 is 20.1 Å². The maximum atomic E-state index is 12.8. The molecule has 7 rings (SSSR count). The first-order valence-electron chi connectivity index (χ1n) is 16.3. The molecule has 0 bridgehead atoms. The molecule has 2 saturated heterocycles. The molecule has 6 heteroatoms. The summed E-state index contributed by atoms with van der Waals surface area (Å²) in [5, 5.41) is 6.96. The van der Waals surface area contributed by atoms with Crippen LogP contribution in [0.5, 0.6) is 0 Å². The van der Waals surface area contributed by atoms with Gasteiger partial charge in [0.1, 0.15) is 0 Å². The average molecular weight is 569 g/mol. The summed E-state index contributed by atoms with van der Waals surface area (Å²) in [6.45, 7) is 10.9. The number of hydrogen-bond acceptors (Lipinski definition) is 3. The Labute approximate surface area is 245 Å². The minimum atomic E-state index is -0.318. The number of rotatable bonds is 2. The molecule has 2 N–H and O–H groups in total. The summed E-state index contributed by atoms with van der Waals surface area (Å²) in [5.74, 6) is 4.57. The van der Waals surface area contributed by atoms with Gasteiger partial charge in [-0.3, -0.25) is 0 Å². The molecule has 40 heavy (non-hydrogen) atoms. The number of halogens is 1. The number of ether oxygens (including phenoxy) is 2. The van der Waals surface area contributed by atoms with Crippen LogP contribution >= 0.6 is 11.6 Å². The molecule has 4 saturated carbocycles. The van der Waals surface area contributed by atoms with Gasteiger partial charge in [0.2, 0.25) is 0 Å². The Morgan fingerprint density at radius 3 is 2.45 bits per heavy atom. The zero-order valence-corrected chi connectivity index (χ0v) is 25.6.